The average molecular weight is 417 g/mol. The number of hydrogen-bond donors (Lipinski definition) is 1. The molecule has 1 atom stereocenters. The second kappa shape index (κ2) is 7.34. The molecule has 0 saturated heterocycles. The molecule has 5 aromatic rings. The van der Waals surface area contributed by atoms with Crippen molar-refractivity contribution in [2.75, 3.05) is 5.32 Å². The van der Waals surface area contributed by atoms with Crippen molar-refractivity contribution >= 4 is 33.2 Å². The molecule has 0 saturated carbocycles. The molecular formula is C28H24N4. The van der Waals surface area contributed by atoms with E-state index in [-0.39, 0.29) is 12.0 Å². The molecule has 1 aliphatic rings. The van der Waals surface area contributed by atoms with Crippen LogP contribution in [-0.4, -0.2) is 14.5 Å². The first kappa shape index (κ1) is 18.8. The minimum atomic E-state index is -0.0177. The van der Waals surface area contributed by atoms with Crippen molar-refractivity contribution in [1.82, 2.24) is 14.5 Å². The van der Waals surface area contributed by atoms with Gasteiger partial charge in [0.2, 0.25) is 0 Å². The number of nitrogens with zero attached hydrogens (tertiary/aromatic N) is 3. The highest BCUT2D eigenvalue weighted by molar-refractivity contribution is 5.86. The fraction of sp³-hybridized carbons (Fsp3) is 0.143. The van der Waals surface area contributed by atoms with Gasteiger partial charge in [-0.3, -0.25) is 0 Å². The van der Waals surface area contributed by atoms with Crippen LogP contribution in [0.3, 0.4) is 0 Å². The molecule has 1 unspecified atom stereocenters. The molecule has 4 nitrogen and oxygen atoms in total. The van der Waals surface area contributed by atoms with Gasteiger partial charge in [-0.15, -0.1) is 0 Å². The lowest BCUT2D eigenvalue weighted by atomic mass is 9.85. The van der Waals surface area contributed by atoms with E-state index in [1.165, 1.54) is 11.1 Å². The van der Waals surface area contributed by atoms with E-state index in [1.807, 2.05) is 6.07 Å². The molecule has 1 aliphatic heterocycles. The summed E-state index contributed by atoms with van der Waals surface area (Å²) in [6.07, 6.45) is 2.11. The molecule has 0 amide bonds. The van der Waals surface area contributed by atoms with Crippen molar-refractivity contribution in [3.05, 3.63) is 108 Å². The molecule has 32 heavy (non-hydrogen) atoms. The standard InChI is InChI=1S/C28H24N4/c1-18(2)32-26-14-8-7-13-25(26)31-28(32)27-20-10-4-6-12-23(20)29-17-21(27)24-16-15-19-9-3-5-11-22(19)30-24/h3-18,27,29H,1-2H3. The van der Waals surface area contributed by atoms with Gasteiger partial charge in [0.25, 0.3) is 0 Å². The van der Waals surface area contributed by atoms with E-state index < -0.39 is 0 Å². The number of hydrogen-bond acceptors (Lipinski definition) is 3. The van der Waals surface area contributed by atoms with Crippen molar-refractivity contribution in [1.29, 1.82) is 0 Å². The van der Waals surface area contributed by atoms with Crippen molar-refractivity contribution in [2.45, 2.75) is 25.8 Å². The molecule has 156 valence electrons. The number of para-hydroxylation sites is 4. The third-order valence-electron chi connectivity index (χ3n) is 6.26. The second-order valence-corrected chi connectivity index (χ2v) is 8.58. The summed E-state index contributed by atoms with van der Waals surface area (Å²) in [5.41, 5.74) is 7.63. The lowest BCUT2D eigenvalue weighted by Gasteiger charge is -2.29. The summed E-state index contributed by atoms with van der Waals surface area (Å²) in [6, 6.07) is 29.7. The Morgan fingerprint density at radius 1 is 0.781 bits per heavy atom. The molecule has 0 radical (unpaired) electrons. The van der Waals surface area contributed by atoms with Gasteiger partial charge >= 0.3 is 0 Å². The van der Waals surface area contributed by atoms with Gasteiger partial charge in [0.15, 0.2) is 0 Å². The van der Waals surface area contributed by atoms with Crippen LogP contribution in [0.2, 0.25) is 0 Å². The number of benzene rings is 3. The van der Waals surface area contributed by atoms with Crippen LogP contribution in [0.4, 0.5) is 5.69 Å². The van der Waals surface area contributed by atoms with E-state index in [9.17, 15) is 0 Å². The van der Waals surface area contributed by atoms with E-state index in [0.29, 0.717) is 0 Å². The number of pyridine rings is 1. The average Bonchev–Trinajstić information content (AvgIpc) is 3.22. The smallest absolute Gasteiger partial charge is 0.122 e. The largest absolute Gasteiger partial charge is 0.361 e. The molecule has 0 fully saturated rings. The zero-order chi connectivity index (χ0) is 21.7. The van der Waals surface area contributed by atoms with Gasteiger partial charge in [0.1, 0.15) is 5.82 Å². The molecule has 4 heteroatoms. The van der Waals surface area contributed by atoms with E-state index in [4.69, 9.17) is 9.97 Å². The summed E-state index contributed by atoms with van der Waals surface area (Å²) < 4.78 is 2.37. The highest BCUT2D eigenvalue weighted by atomic mass is 15.1. The van der Waals surface area contributed by atoms with Gasteiger partial charge in [0, 0.05) is 28.9 Å². The van der Waals surface area contributed by atoms with Gasteiger partial charge in [-0.1, -0.05) is 54.6 Å². The molecule has 1 N–H and O–H groups in total. The lowest BCUT2D eigenvalue weighted by molar-refractivity contribution is 0.583. The van der Waals surface area contributed by atoms with Crippen molar-refractivity contribution in [3.8, 4) is 0 Å². The summed E-state index contributed by atoms with van der Waals surface area (Å²) in [4.78, 5) is 10.2. The first-order chi connectivity index (χ1) is 15.7. The zero-order valence-corrected chi connectivity index (χ0v) is 18.2. The Kier molecular flexibility index (Phi) is 4.32. The summed E-state index contributed by atoms with van der Waals surface area (Å²) in [6.45, 7) is 4.45. The normalized spacial score (nSPS) is 15.6. The molecule has 0 aliphatic carbocycles. The zero-order valence-electron chi connectivity index (χ0n) is 18.2. The maximum absolute atomic E-state index is 5.16. The Morgan fingerprint density at radius 3 is 2.41 bits per heavy atom. The number of fused-ring (bicyclic) bond motifs is 3. The minimum Gasteiger partial charge on any atom is -0.361 e. The summed E-state index contributed by atoms with van der Waals surface area (Å²) in [5, 5.41) is 4.65. The van der Waals surface area contributed by atoms with Crippen LogP contribution in [0.1, 0.15) is 42.9 Å². The number of rotatable bonds is 3. The number of anilines is 1. The Balaban J connectivity index is 1.61. The van der Waals surface area contributed by atoms with Crippen LogP contribution in [0, 0.1) is 0 Å². The third kappa shape index (κ3) is 2.91. The molecular weight excluding hydrogens is 392 g/mol. The van der Waals surface area contributed by atoms with Gasteiger partial charge in [0.05, 0.1) is 28.2 Å². The molecule has 0 bridgehead atoms. The lowest BCUT2D eigenvalue weighted by Crippen LogP contribution is -2.19. The third-order valence-corrected chi connectivity index (χ3v) is 6.26. The SMILES string of the molecule is CC(C)n1c(C2C(c3ccc4ccccc4n3)=CNc3ccccc32)nc2ccccc21. The number of aromatic nitrogens is 3. The first-order valence-electron chi connectivity index (χ1n) is 11.1. The molecule has 0 spiro atoms. The van der Waals surface area contributed by atoms with Crippen molar-refractivity contribution in [2.24, 2.45) is 0 Å². The predicted molar refractivity (Wildman–Crippen MR) is 132 cm³/mol. The van der Waals surface area contributed by atoms with E-state index in [0.717, 1.165) is 39.2 Å². The van der Waals surface area contributed by atoms with Crippen LogP contribution in [-0.2, 0) is 0 Å². The quantitative estimate of drug-likeness (QED) is 0.353. The molecule has 2 aromatic heterocycles. The molecule has 3 heterocycles. The number of imidazole rings is 1. The topological polar surface area (TPSA) is 42.7 Å². The van der Waals surface area contributed by atoms with Crippen LogP contribution in [0.5, 0.6) is 0 Å². The van der Waals surface area contributed by atoms with E-state index in [1.54, 1.807) is 0 Å². The van der Waals surface area contributed by atoms with Crippen LogP contribution >= 0.6 is 0 Å². The summed E-state index contributed by atoms with van der Waals surface area (Å²) in [5.74, 6) is 1.03. The van der Waals surface area contributed by atoms with Gasteiger partial charge in [-0.05, 0) is 49.7 Å². The minimum absolute atomic E-state index is 0.0177. The van der Waals surface area contributed by atoms with Gasteiger partial charge < -0.3 is 9.88 Å². The first-order valence-corrected chi connectivity index (χ1v) is 11.1. The Labute approximate surface area is 187 Å². The second-order valence-electron chi connectivity index (χ2n) is 8.58. The van der Waals surface area contributed by atoms with Crippen molar-refractivity contribution < 1.29 is 0 Å². The van der Waals surface area contributed by atoms with E-state index in [2.05, 4.69) is 109 Å². The van der Waals surface area contributed by atoms with Gasteiger partial charge in [-0.2, -0.15) is 0 Å². The molecule has 3 aromatic carbocycles. The monoisotopic (exact) mass is 416 g/mol. The summed E-state index contributed by atoms with van der Waals surface area (Å²) >= 11 is 0. The Bertz CT molecular complexity index is 1490. The maximum Gasteiger partial charge on any atom is 0.122 e. The Hall–Kier alpha value is -3.92. The Morgan fingerprint density at radius 2 is 1.53 bits per heavy atom. The van der Waals surface area contributed by atoms with Crippen LogP contribution in [0.25, 0.3) is 27.5 Å². The number of allylic oxidation sites excluding steroid dienone is 1. The van der Waals surface area contributed by atoms with E-state index >= 15 is 0 Å². The molecule has 6 rings (SSSR count). The van der Waals surface area contributed by atoms with Gasteiger partial charge in [-0.25, -0.2) is 9.97 Å². The maximum atomic E-state index is 5.16. The van der Waals surface area contributed by atoms with Crippen molar-refractivity contribution in [3.63, 3.8) is 0 Å². The fourth-order valence-electron chi connectivity index (χ4n) is 4.82. The predicted octanol–water partition coefficient (Wildman–Crippen LogP) is 6.76. The highest BCUT2D eigenvalue weighted by Crippen LogP contribution is 2.44. The number of nitrogens with one attached hydrogen (secondary N) is 1. The fourth-order valence-corrected chi connectivity index (χ4v) is 4.82. The highest BCUT2D eigenvalue weighted by Gasteiger charge is 2.32. The summed E-state index contributed by atoms with van der Waals surface area (Å²) in [7, 11) is 0. The van der Waals surface area contributed by atoms with Crippen LogP contribution in [0.15, 0.2) is 91.1 Å². The van der Waals surface area contributed by atoms with Crippen LogP contribution < -0.4 is 5.32 Å².